The number of hydrogen-bond acceptors (Lipinski definition) is 4. The fourth-order valence-electron chi connectivity index (χ4n) is 3.56. The summed E-state index contributed by atoms with van der Waals surface area (Å²) in [4.78, 5) is 17.6. The molecule has 0 saturated heterocycles. The van der Waals surface area contributed by atoms with E-state index in [1.165, 1.54) is 0 Å². The van der Waals surface area contributed by atoms with E-state index in [2.05, 4.69) is 11.9 Å². The van der Waals surface area contributed by atoms with Crippen LogP contribution in [0.2, 0.25) is 0 Å². The van der Waals surface area contributed by atoms with E-state index in [0.29, 0.717) is 23.0 Å². The molecular weight excluding hydrogens is 402 g/mol. The predicted molar refractivity (Wildman–Crippen MR) is 126 cm³/mol. The number of nitrogens with zero attached hydrogens (tertiary/aromatic N) is 2. The van der Waals surface area contributed by atoms with Gasteiger partial charge in [-0.15, -0.1) is 6.58 Å². The van der Waals surface area contributed by atoms with E-state index < -0.39 is 0 Å². The molecule has 6 nitrogen and oxygen atoms in total. The number of pyridine rings is 1. The normalized spacial score (nSPS) is 10.7. The van der Waals surface area contributed by atoms with Crippen molar-refractivity contribution in [1.29, 1.82) is 0 Å². The molecule has 2 aromatic carbocycles. The highest BCUT2D eigenvalue weighted by Gasteiger charge is 2.18. The first-order valence-electron chi connectivity index (χ1n) is 10.3. The van der Waals surface area contributed by atoms with E-state index in [1.807, 2.05) is 78.2 Å². The summed E-state index contributed by atoms with van der Waals surface area (Å²) < 4.78 is 13.1. The molecule has 32 heavy (non-hydrogen) atoms. The zero-order valence-electron chi connectivity index (χ0n) is 18.2. The lowest BCUT2D eigenvalue weighted by Gasteiger charge is -2.12. The summed E-state index contributed by atoms with van der Waals surface area (Å²) in [6.07, 6.45) is 4.44. The van der Waals surface area contributed by atoms with Crippen molar-refractivity contribution in [3.63, 3.8) is 0 Å². The van der Waals surface area contributed by atoms with Gasteiger partial charge in [0.25, 0.3) is 5.91 Å². The molecule has 0 spiro atoms. The molecule has 0 atom stereocenters. The molecule has 0 aliphatic heterocycles. The van der Waals surface area contributed by atoms with Crippen molar-refractivity contribution in [2.75, 3.05) is 19.0 Å². The number of imidazole rings is 1. The average molecular weight is 428 g/mol. The molecule has 0 saturated carbocycles. The van der Waals surface area contributed by atoms with Gasteiger partial charge in [0.1, 0.15) is 17.2 Å². The SMILES string of the molecule is C=CCc1ccc(OCC(=O)Nc2c(-c3ccccc3)nc3c(C)cccn23)c(OC)c1. The van der Waals surface area contributed by atoms with Crippen LogP contribution in [0.3, 0.4) is 0 Å². The van der Waals surface area contributed by atoms with Gasteiger partial charge in [-0.05, 0) is 42.7 Å². The molecule has 6 heteroatoms. The van der Waals surface area contributed by atoms with Gasteiger partial charge >= 0.3 is 0 Å². The van der Waals surface area contributed by atoms with E-state index >= 15 is 0 Å². The van der Waals surface area contributed by atoms with Crippen molar-refractivity contribution in [3.05, 3.63) is 90.6 Å². The standard InChI is InChI=1S/C26H25N3O3/c1-4-9-19-13-14-21(22(16-19)31-3)32-17-23(30)27-26-24(20-11-6-5-7-12-20)28-25-18(2)10-8-15-29(25)26/h4-8,10-16H,1,9,17H2,2-3H3,(H,27,30). The second-order valence-corrected chi connectivity index (χ2v) is 7.37. The first-order valence-corrected chi connectivity index (χ1v) is 10.3. The lowest BCUT2D eigenvalue weighted by atomic mass is 10.1. The topological polar surface area (TPSA) is 64.9 Å². The van der Waals surface area contributed by atoms with E-state index in [9.17, 15) is 4.79 Å². The Hall–Kier alpha value is -4.06. The molecule has 0 aliphatic carbocycles. The summed E-state index contributed by atoms with van der Waals surface area (Å²) in [6.45, 7) is 5.58. The highest BCUT2D eigenvalue weighted by atomic mass is 16.5. The Labute approximate surface area is 187 Å². The van der Waals surface area contributed by atoms with Crippen molar-refractivity contribution in [2.24, 2.45) is 0 Å². The Balaban J connectivity index is 1.58. The number of ether oxygens (including phenoxy) is 2. The Morgan fingerprint density at radius 3 is 2.69 bits per heavy atom. The Morgan fingerprint density at radius 2 is 1.94 bits per heavy atom. The van der Waals surface area contributed by atoms with Gasteiger partial charge in [-0.25, -0.2) is 4.98 Å². The number of carbonyl (C=O) groups is 1. The van der Waals surface area contributed by atoms with E-state index in [-0.39, 0.29) is 12.5 Å². The first kappa shape index (κ1) is 21.2. The zero-order valence-corrected chi connectivity index (χ0v) is 18.2. The van der Waals surface area contributed by atoms with Gasteiger partial charge in [0.2, 0.25) is 0 Å². The molecule has 2 heterocycles. The summed E-state index contributed by atoms with van der Waals surface area (Å²) in [6, 6.07) is 19.3. The highest BCUT2D eigenvalue weighted by Crippen LogP contribution is 2.31. The molecule has 2 aromatic heterocycles. The van der Waals surface area contributed by atoms with Crippen LogP contribution in [-0.2, 0) is 11.2 Å². The molecule has 1 amide bonds. The maximum atomic E-state index is 12.8. The van der Waals surface area contributed by atoms with Crippen LogP contribution in [0, 0.1) is 6.92 Å². The number of hydrogen-bond donors (Lipinski definition) is 1. The maximum Gasteiger partial charge on any atom is 0.263 e. The van der Waals surface area contributed by atoms with Crippen LogP contribution < -0.4 is 14.8 Å². The third kappa shape index (κ3) is 4.34. The van der Waals surface area contributed by atoms with Gasteiger partial charge in [-0.1, -0.05) is 48.5 Å². The molecular formula is C26H25N3O3. The van der Waals surface area contributed by atoms with Gasteiger partial charge in [0, 0.05) is 11.8 Å². The number of rotatable bonds is 8. The number of benzene rings is 2. The molecule has 4 aromatic rings. The number of aryl methyl sites for hydroxylation is 1. The van der Waals surface area contributed by atoms with Crippen LogP contribution in [-0.4, -0.2) is 29.0 Å². The van der Waals surface area contributed by atoms with Gasteiger partial charge in [0.05, 0.1) is 7.11 Å². The number of amides is 1. The van der Waals surface area contributed by atoms with Crippen molar-refractivity contribution >= 4 is 17.4 Å². The number of carbonyl (C=O) groups excluding carboxylic acids is 1. The first-order chi connectivity index (χ1) is 15.6. The molecule has 162 valence electrons. The molecule has 0 aliphatic rings. The zero-order chi connectivity index (χ0) is 22.5. The van der Waals surface area contributed by atoms with Crippen molar-refractivity contribution in [2.45, 2.75) is 13.3 Å². The van der Waals surface area contributed by atoms with Crippen LogP contribution >= 0.6 is 0 Å². The highest BCUT2D eigenvalue weighted by molar-refractivity contribution is 5.95. The number of anilines is 1. The Kier molecular flexibility index (Phi) is 6.22. The summed E-state index contributed by atoms with van der Waals surface area (Å²) in [5.74, 6) is 1.40. The smallest absolute Gasteiger partial charge is 0.263 e. The monoisotopic (exact) mass is 427 g/mol. The number of allylic oxidation sites excluding steroid dienone is 1. The molecule has 1 N–H and O–H groups in total. The van der Waals surface area contributed by atoms with E-state index in [1.54, 1.807) is 13.2 Å². The third-order valence-corrected chi connectivity index (χ3v) is 5.12. The van der Waals surface area contributed by atoms with Crippen LogP contribution in [0.15, 0.2) is 79.5 Å². The number of fused-ring (bicyclic) bond motifs is 1. The van der Waals surface area contributed by atoms with E-state index in [0.717, 1.165) is 28.8 Å². The van der Waals surface area contributed by atoms with Crippen molar-refractivity contribution in [1.82, 2.24) is 9.38 Å². The van der Waals surface area contributed by atoms with Gasteiger partial charge in [-0.2, -0.15) is 0 Å². The summed E-state index contributed by atoms with van der Waals surface area (Å²) in [5.41, 5.74) is 4.50. The number of nitrogens with one attached hydrogen (secondary N) is 1. The quantitative estimate of drug-likeness (QED) is 0.399. The summed E-state index contributed by atoms with van der Waals surface area (Å²) in [5, 5.41) is 2.98. The van der Waals surface area contributed by atoms with Crippen LogP contribution in [0.5, 0.6) is 11.5 Å². The minimum atomic E-state index is -0.289. The van der Waals surface area contributed by atoms with Gasteiger partial charge < -0.3 is 14.8 Å². The fourth-order valence-corrected chi connectivity index (χ4v) is 3.56. The van der Waals surface area contributed by atoms with Crippen LogP contribution in [0.1, 0.15) is 11.1 Å². The molecule has 0 fully saturated rings. The molecule has 4 rings (SSSR count). The van der Waals surface area contributed by atoms with Crippen LogP contribution in [0.4, 0.5) is 5.82 Å². The number of methoxy groups -OCH3 is 1. The van der Waals surface area contributed by atoms with E-state index in [4.69, 9.17) is 14.5 Å². The molecule has 0 radical (unpaired) electrons. The molecule has 0 bridgehead atoms. The third-order valence-electron chi connectivity index (χ3n) is 5.12. The maximum absolute atomic E-state index is 12.8. The van der Waals surface area contributed by atoms with Crippen molar-refractivity contribution in [3.8, 4) is 22.8 Å². The Morgan fingerprint density at radius 1 is 1.12 bits per heavy atom. The average Bonchev–Trinajstić information content (AvgIpc) is 3.18. The predicted octanol–water partition coefficient (Wildman–Crippen LogP) is 5.06. The summed E-state index contributed by atoms with van der Waals surface area (Å²) >= 11 is 0. The van der Waals surface area contributed by atoms with Gasteiger partial charge in [0.15, 0.2) is 18.1 Å². The second kappa shape index (κ2) is 9.39. The fraction of sp³-hybridized carbons (Fsp3) is 0.154. The number of aromatic nitrogens is 2. The minimum absolute atomic E-state index is 0.162. The largest absolute Gasteiger partial charge is 0.493 e. The molecule has 0 unspecified atom stereocenters. The van der Waals surface area contributed by atoms with Crippen molar-refractivity contribution < 1.29 is 14.3 Å². The lowest BCUT2D eigenvalue weighted by Crippen LogP contribution is -2.21. The lowest BCUT2D eigenvalue weighted by molar-refractivity contribution is -0.118. The minimum Gasteiger partial charge on any atom is -0.493 e. The van der Waals surface area contributed by atoms with Gasteiger partial charge in [-0.3, -0.25) is 9.20 Å². The summed E-state index contributed by atoms with van der Waals surface area (Å²) in [7, 11) is 1.58. The second-order valence-electron chi connectivity index (χ2n) is 7.37. The Bertz CT molecular complexity index is 1260. The van der Waals surface area contributed by atoms with Crippen LogP contribution in [0.25, 0.3) is 16.9 Å².